The van der Waals surface area contributed by atoms with Crippen LogP contribution in [0.2, 0.25) is 0 Å². The van der Waals surface area contributed by atoms with E-state index in [-0.39, 0.29) is 0 Å². The van der Waals surface area contributed by atoms with Crippen molar-refractivity contribution in [3.05, 3.63) is 28.8 Å². The van der Waals surface area contributed by atoms with Crippen LogP contribution in [0.5, 0.6) is 5.75 Å². The molecule has 1 aromatic rings. The Bertz CT molecular complexity index is 292. The highest BCUT2D eigenvalue weighted by atomic mass is 16.5. The maximum atomic E-state index is 5.88. The summed E-state index contributed by atoms with van der Waals surface area (Å²) < 4.78 is 5.88. The van der Waals surface area contributed by atoms with Gasteiger partial charge in [0.15, 0.2) is 0 Å². The van der Waals surface area contributed by atoms with Crippen molar-refractivity contribution < 1.29 is 4.74 Å². The van der Waals surface area contributed by atoms with E-state index in [1.54, 1.807) is 0 Å². The summed E-state index contributed by atoms with van der Waals surface area (Å²) >= 11 is 0. The maximum Gasteiger partial charge on any atom is 0.125 e. The molecule has 0 aliphatic carbocycles. The van der Waals surface area contributed by atoms with Crippen LogP contribution in [0.15, 0.2) is 12.1 Å². The van der Waals surface area contributed by atoms with Gasteiger partial charge in [0.25, 0.3) is 0 Å². The van der Waals surface area contributed by atoms with Crippen LogP contribution in [0.3, 0.4) is 0 Å². The van der Waals surface area contributed by atoms with E-state index in [2.05, 4.69) is 46.8 Å². The predicted molar refractivity (Wildman–Crippen MR) is 61.0 cm³/mol. The van der Waals surface area contributed by atoms with Crippen LogP contribution >= 0.6 is 0 Å². The molecule has 14 heavy (non-hydrogen) atoms. The largest absolute Gasteiger partial charge is 0.490 e. The predicted octanol–water partition coefficient (Wildman–Crippen LogP) is 3.79. The Labute approximate surface area is 87.1 Å². The molecule has 0 radical (unpaired) electrons. The molecule has 0 saturated heterocycles. The molecule has 1 heteroatoms. The highest BCUT2D eigenvalue weighted by molar-refractivity contribution is 5.43. The minimum Gasteiger partial charge on any atom is -0.490 e. The van der Waals surface area contributed by atoms with Crippen LogP contribution in [0.4, 0.5) is 0 Å². The van der Waals surface area contributed by atoms with Crippen molar-refractivity contribution in [3.8, 4) is 5.75 Å². The van der Waals surface area contributed by atoms with Crippen molar-refractivity contribution in [2.75, 3.05) is 0 Å². The van der Waals surface area contributed by atoms with Crippen LogP contribution in [-0.2, 0) is 0 Å². The lowest BCUT2D eigenvalue weighted by molar-refractivity contribution is 0.214. The maximum absolute atomic E-state index is 5.88. The molecule has 0 saturated carbocycles. The molecule has 0 fully saturated rings. The van der Waals surface area contributed by atoms with E-state index in [0.717, 1.165) is 12.2 Å². The third kappa shape index (κ3) is 2.50. The molecule has 0 spiro atoms. The van der Waals surface area contributed by atoms with Gasteiger partial charge in [-0.3, -0.25) is 0 Å². The molecule has 78 valence electrons. The Morgan fingerprint density at radius 3 is 2.07 bits per heavy atom. The summed E-state index contributed by atoms with van der Waals surface area (Å²) in [6.45, 7) is 10.6. The van der Waals surface area contributed by atoms with Gasteiger partial charge in [-0.15, -0.1) is 0 Å². The van der Waals surface area contributed by atoms with Gasteiger partial charge in [0.05, 0.1) is 6.10 Å². The minimum absolute atomic E-state index is 0.301. The molecular formula is C13H20O. The Morgan fingerprint density at radius 2 is 1.64 bits per heavy atom. The van der Waals surface area contributed by atoms with Gasteiger partial charge >= 0.3 is 0 Å². The van der Waals surface area contributed by atoms with Crippen molar-refractivity contribution in [1.29, 1.82) is 0 Å². The standard InChI is InChI=1S/C13H20O/c1-6-12(5)14-13-10(3)7-9(2)8-11(13)4/h7-8,12H,6H2,1-5H3/t12-/m1/s1. The van der Waals surface area contributed by atoms with Crippen LogP contribution in [0.25, 0.3) is 0 Å². The monoisotopic (exact) mass is 192 g/mol. The molecule has 0 N–H and O–H groups in total. The number of ether oxygens (including phenoxy) is 1. The summed E-state index contributed by atoms with van der Waals surface area (Å²) in [5.41, 5.74) is 3.78. The molecule has 1 atom stereocenters. The molecule has 0 aliphatic rings. The zero-order valence-electron chi connectivity index (χ0n) is 9.85. The number of rotatable bonds is 3. The van der Waals surface area contributed by atoms with Gasteiger partial charge in [-0.2, -0.15) is 0 Å². The molecule has 1 aromatic carbocycles. The van der Waals surface area contributed by atoms with E-state index < -0.39 is 0 Å². The number of aryl methyl sites for hydroxylation is 3. The van der Waals surface area contributed by atoms with E-state index in [4.69, 9.17) is 4.74 Å². The summed E-state index contributed by atoms with van der Waals surface area (Å²) in [6, 6.07) is 4.34. The quantitative estimate of drug-likeness (QED) is 0.708. The third-order valence-electron chi connectivity index (χ3n) is 2.50. The summed E-state index contributed by atoms with van der Waals surface area (Å²) in [5.74, 6) is 1.06. The van der Waals surface area contributed by atoms with Crippen molar-refractivity contribution >= 4 is 0 Å². The van der Waals surface area contributed by atoms with Gasteiger partial charge in [-0.25, -0.2) is 0 Å². The first kappa shape index (κ1) is 11.1. The Kier molecular flexibility index (Phi) is 3.56. The molecule has 0 bridgehead atoms. The van der Waals surface area contributed by atoms with Crippen LogP contribution < -0.4 is 4.74 Å². The lowest BCUT2D eigenvalue weighted by Gasteiger charge is -2.17. The van der Waals surface area contributed by atoms with E-state index in [9.17, 15) is 0 Å². The molecule has 1 nitrogen and oxygen atoms in total. The van der Waals surface area contributed by atoms with Gasteiger partial charge in [0, 0.05) is 0 Å². The van der Waals surface area contributed by atoms with Crippen LogP contribution in [-0.4, -0.2) is 6.10 Å². The van der Waals surface area contributed by atoms with Crippen molar-refractivity contribution in [2.24, 2.45) is 0 Å². The fraction of sp³-hybridized carbons (Fsp3) is 0.538. The normalized spacial score (nSPS) is 12.6. The topological polar surface area (TPSA) is 9.23 Å². The SMILES string of the molecule is CC[C@@H](C)Oc1c(C)cc(C)cc1C. The molecule has 0 amide bonds. The molecule has 0 aliphatic heterocycles. The molecule has 0 unspecified atom stereocenters. The Hall–Kier alpha value is -0.980. The fourth-order valence-corrected chi connectivity index (χ4v) is 1.64. The summed E-state index contributed by atoms with van der Waals surface area (Å²) in [5, 5.41) is 0. The van der Waals surface area contributed by atoms with Crippen molar-refractivity contribution in [2.45, 2.75) is 47.1 Å². The second-order valence-corrected chi connectivity index (χ2v) is 4.06. The van der Waals surface area contributed by atoms with E-state index in [1.807, 2.05) is 0 Å². The van der Waals surface area contributed by atoms with Crippen LogP contribution in [0, 0.1) is 20.8 Å². The average Bonchev–Trinajstić information content (AvgIpc) is 2.10. The summed E-state index contributed by atoms with van der Waals surface area (Å²) in [4.78, 5) is 0. The lowest BCUT2D eigenvalue weighted by atomic mass is 10.1. The van der Waals surface area contributed by atoms with E-state index in [1.165, 1.54) is 16.7 Å². The fourth-order valence-electron chi connectivity index (χ4n) is 1.64. The van der Waals surface area contributed by atoms with E-state index >= 15 is 0 Å². The van der Waals surface area contributed by atoms with Gasteiger partial charge in [0.2, 0.25) is 0 Å². The Morgan fingerprint density at radius 1 is 1.14 bits per heavy atom. The number of benzene rings is 1. The van der Waals surface area contributed by atoms with Crippen molar-refractivity contribution in [1.82, 2.24) is 0 Å². The molecular weight excluding hydrogens is 172 g/mol. The average molecular weight is 192 g/mol. The third-order valence-corrected chi connectivity index (χ3v) is 2.50. The first-order valence-electron chi connectivity index (χ1n) is 5.29. The first-order chi connectivity index (χ1) is 6.54. The Balaban J connectivity index is 2.96. The highest BCUT2D eigenvalue weighted by Crippen LogP contribution is 2.25. The van der Waals surface area contributed by atoms with Crippen molar-refractivity contribution in [3.63, 3.8) is 0 Å². The van der Waals surface area contributed by atoms with Crippen LogP contribution in [0.1, 0.15) is 37.0 Å². The second kappa shape index (κ2) is 4.50. The zero-order chi connectivity index (χ0) is 10.7. The lowest BCUT2D eigenvalue weighted by Crippen LogP contribution is -2.11. The molecule has 1 rings (SSSR count). The van der Waals surface area contributed by atoms with Gasteiger partial charge in [-0.05, 0) is 45.2 Å². The van der Waals surface area contributed by atoms with E-state index in [0.29, 0.717) is 6.10 Å². The zero-order valence-corrected chi connectivity index (χ0v) is 9.85. The summed E-state index contributed by atoms with van der Waals surface area (Å²) in [6.07, 6.45) is 1.35. The van der Waals surface area contributed by atoms with Gasteiger partial charge in [0.1, 0.15) is 5.75 Å². The van der Waals surface area contributed by atoms with Gasteiger partial charge < -0.3 is 4.74 Å². The smallest absolute Gasteiger partial charge is 0.125 e. The number of hydrogen-bond donors (Lipinski definition) is 0. The highest BCUT2D eigenvalue weighted by Gasteiger charge is 2.07. The molecule has 0 heterocycles. The molecule has 0 aromatic heterocycles. The number of hydrogen-bond acceptors (Lipinski definition) is 1. The first-order valence-corrected chi connectivity index (χ1v) is 5.29. The van der Waals surface area contributed by atoms with Gasteiger partial charge in [-0.1, -0.05) is 24.6 Å². The minimum atomic E-state index is 0.301. The second-order valence-electron chi connectivity index (χ2n) is 4.06. The summed E-state index contributed by atoms with van der Waals surface area (Å²) in [7, 11) is 0.